The molecule has 3 aromatic carbocycles. The van der Waals surface area contributed by atoms with E-state index in [0.29, 0.717) is 19.6 Å². The van der Waals surface area contributed by atoms with Crippen LogP contribution in [0.5, 0.6) is 0 Å². The molecule has 0 aromatic heterocycles. The second kappa shape index (κ2) is 16.3. The molecule has 4 rings (SSSR count). The summed E-state index contributed by atoms with van der Waals surface area (Å²) < 4.78 is 30.7. The number of hydrogen-bond acceptors (Lipinski definition) is 6. The lowest BCUT2D eigenvalue weighted by Crippen LogP contribution is -2.67. The molecule has 232 valence electrons. The largest absolute Gasteiger partial charge is 0.469 e. The number of rotatable bonds is 16. The molecule has 1 aliphatic heterocycles. The highest BCUT2D eigenvalue weighted by Gasteiger charge is 2.50. The minimum Gasteiger partial charge on any atom is -0.469 e. The highest BCUT2D eigenvalue weighted by molar-refractivity contribution is 6.99. The standard InChI is InChI=1S/C36H48O6Si/c1-36(2,3)43(31-18-10-6-11-19-31,32-20-12-7-13-21-32)41-27-30-24-25-34(42-30)33(22-14-15-23-35(37)38-4)40-28-39-26-29-16-8-5-9-17-29/h5-13,16-21,30,33-34H,14-15,22-28H2,1-4H3/t30-,33+,34-/m0/s1. The first-order chi connectivity index (χ1) is 20.8. The fourth-order valence-corrected chi connectivity index (χ4v) is 10.7. The predicted octanol–water partition coefficient (Wildman–Crippen LogP) is 6.40. The Balaban J connectivity index is 1.41. The van der Waals surface area contributed by atoms with Gasteiger partial charge in [0.05, 0.1) is 38.6 Å². The lowest BCUT2D eigenvalue weighted by molar-refractivity contribution is -0.144. The summed E-state index contributed by atoms with van der Waals surface area (Å²) in [5.74, 6) is -0.179. The van der Waals surface area contributed by atoms with Gasteiger partial charge in [0.25, 0.3) is 8.32 Å². The van der Waals surface area contributed by atoms with Crippen molar-refractivity contribution in [3.63, 3.8) is 0 Å². The van der Waals surface area contributed by atoms with Crippen molar-refractivity contribution < 1.29 is 28.2 Å². The number of unbranched alkanes of at least 4 members (excludes halogenated alkanes) is 1. The molecule has 0 aliphatic carbocycles. The summed E-state index contributed by atoms with van der Waals surface area (Å²) in [4.78, 5) is 11.6. The molecule has 3 aromatic rings. The second-order valence-electron chi connectivity index (χ2n) is 12.3. The highest BCUT2D eigenvalue weighted by atomic mass is 28.4. The van der Waals surface area contributed by atoms with Crippen LogP contribution in [0, 0.1) is 0 Å². The van der Waals surface area contributed by atoms with Crippen molar-refractivity contribution in [3.8, 4) is 0 Å². The monoisotopic (exact) mass is 604 g/mol. The van der Waals surface area contributed by atoms with Gasteiger partial charge >= 0.3 is 5.97 Å². The van der Waals surface area contributed by atoms with E-state index in [-0.39, 0.29) is 36.1 Å². The van der Waals surface area contributed by atoms with Gasteiger partial charge in [0, 0.05) is 6.42 Å². The van der Waals surface area contributed by atoms with Crippen LogP contribution in [0.25, 0.3) is 0 Å². The van der Waals surface area contributed by atoms with Gasteiger partial charge in [-0.05, 0) is 46.7 Å². The lowest BCUT2D eigenvalue weighted by Gasteiger charge is -2.43. The zero-order chi connectivity index (χ0) is 30.5. The van der Waals surface area contributed by atoms with Crippen LogP contribution >= 0.6 is 0 Å². The maximum absolute atomic E-state index is 11.6. The Morgan fingerprint density at radius 1 is 0.884 bits per heavy atom. The van der Waals surface area contributed by atoms with Crippen LogP contribution < -0.4 is 10.4 Å². The zero-order valence-electron chi connectivity index (χ0n) is 26.2. The molecule has 1 saturated heterocycles. The molecule has 7 heteroatoms. The van der Waals surface area contributed by atoms with Gasteiger partial charge < -0.3 is 23.4 Å². The summed E-state index contributed by atoms with van der Waals surface area (Å²) in [6.45, 7) is 8.11. The van der Waals surface area contributed by atoms with E-state index in [1.165, 1.54) is 17.5 Å². The molecular formula is C36H48O6Si. The third kappa shape index (κ3) is 9.10. The first-order valence-corrected chi connectivity index (χ1v) is 17.4. The third-order valence-corrected chi connectivity index (χ3v) is 13.3. The van der Waals surface area contributed by atoms with Gasteiger partial charge in [-0.3, -0.25) is 4.79 Å². The highest BCUT2D eigenvalue weighted by Crippen LogP contribution is 2.37. The molecular weight excluding hydrogens is 556 g/mol. The molecule has 0 radical (unpaired) electrons. The van der Waals surface area contributed by atoms with Crippen LogP contribution in [0.3, 0.4) is 0 Å². The predicted molar refractivity (Wildman–Crippen MR) is 173 cm³/mol. The number of hydrogen-bond donors (Lipinski definition) is 0. The Morgan fingerprint density at radius 2 is 1.49 bits per heavy atom. The summed E-state index contributed by atoms with van der Waals surface area (Å²) in [7, 11) is -1.21. The fourth-order valence-electron chi connectivity index (χ4n) is 6.07. The van der Waals surface area contributed by atoms with Crippen LogP contribution in [-0.2, 0) is 34.8 Å². The van der Waals surface area contributed by atoms with E-state index < -0.39 is 8.32 Å². The second-order valence-corrected chi connectivity index (χ2v) is 16.6. The zero-order valence-corrected chi connectivity index (χ0v) is 27.2. The quantitative estimate of drug-likeness (QED) is 0.0816. The Kier molecular flexibility index (Phi) is 12.6. The maximum atomic E-state index is 11.6. The van der Waals surface area contributed by atoms with Crippen molar-refractivity contribution in [1.82, 2.24) is 0 Å². The summed E-state index contributed by atoms with van der Waals surface area (Å²) >= 11 is 0. The minimum absolute atomic E-state index is 0.0157. The molecule has 1 fully saturated rings. The Hall–Kier alpha value is -2.81. The first-order valence-electron chi connectivity index (χ1n) is 15.5. The maximum Gasteiger partial charge on any atom is 0.305 e. The topological polar surface area (TPSA) is 63.2 Å². The molecule has 3 atom stereocenters. The first kappa shape index (κ1) is 33.1. The van der Waals surface area contributed by atoms with Crippen LogP contribution in [0.2, 0.25) is 5.04 Å². The van der Waals surface area contributed by atoms with Crippen LogP contribution in [0.4, 0.5) is 0 Å². The molecule has 0 N–H and O–H groups in total. The van der Waals surface area contributed by atoms with Crippen LogP contribution in [0.1, 0.15) is 64.9 Å². The van der Waals surface area contributed by atoms with Crippen molar-refractivity contribution in [2.24, 2.45) is 0 Å². The van der Waals surface area contributed by atoms with Gasteiger partial charge in [0.15, 0.2) is 0 Å². The van der Waals surface area contributed by atoms with Gasteiger partial charge in [-0.15, -0.1) is 0 Å². The van der Waals surface area contributed by atoms with Crippen LogP contribution in [0.15, 0.2) is 91.0 Å². The van der Waals surface area contributed by atoms with Gasteiger partial charge in [-0.2, -0.15) is 0 Å². The summed E-state index contributed by atoms with van der Waals surface area (Å²) in [6, 6.07) is 31.5. The molecule has 1 aliphatic rings. The van der Waals surface area contributed by atoms with Crippen molar-refractivity contribution in [3.05, 3.63) is 96.6 Å². The van der Waals surface area contributed by atoms with Crippen molar-refractivity contribution in [2.45, 2.75) is 89.3 Å². The average molecular weight is 605 g/mol. The Morgan fingerprint density at radius 3 is 2.07 bits per heavy atom. The van der Waals surface area contributed by atoms with E-state index in [1.54, 1.807) is 0 Å². The van der Waals surface area contributed by atoms with Crippen molar-refractivity contribution in [1.29, 1.82) is 0 Å². The van der Waals surface area contributed by atoms with E-state index in [2.05, 4.69) is 81.4 Å². The molecule has 0 spiro atoms. The minimum atomic E-state index is -2.64. The summed E-state index contributed by atoms with van der Waals surface area (Å²) in [5.41, 5.74) is 1.11. The smallest absolute Gasteiger partial charge is 0.305 e. The average Bonchev–Trinajstić information content (AvgIpc) is 3.50. The number of carbonyl (C=O) groups excluding carboxylic acids is 1. The van der Waals surface area contributed by atoms with Gasteiger partial charge in [0.2, 0.25) is 0 Å². The molecule has 6 nitrogen and oxygen atoms in total. The number of methoxy groups -OCH3 is 1. The van der Waals surface area contributed by atoms with Crippen molar-refractivity contribution >= 4 is 24.7 Å². The number of ether oxygens (including phenoxy) is 4. The molecule has 1 heterocycles. The Labute approximate surface area is 258 Å². The van der Waals surface area contributed by atoms with Crippen LogP contribution in [-0.4, -0.2) is 53.1 Å². The van der Waals surface area contributed by atoms with Gasteiger partial charge in [-0.25, -0.2) is 0 Å². The van der Waals surface area contributed by atoms with E-state index in [4.69, 9.17) is 23.4 Å². The normalized spacial score (nSPS) is 18.0. The number of carbonyl (C=O) groups is 1. The molecule has 0 bridgehead atoms. The molecule has 0 unspecified atom stereocenters. The lowest BCUT2D eigenvalue weighted by atomic mass is 10.0. The number of benzene rings is 3. The summed E-state index contributed by atoms with van der Waals surface area (Å²) in [5, 5.41) is 2.45. The van der Waals surface area contributed by atoms with Crippen molar-refractivity contribution in [2.75, 3.05) is 20.5 Å². The Bertz CT molecular complexity index is 1180. The number of esters is 1. The third-order valence-electron chi connectivity index (χ3n) is 8.28. The van der Waals surface area contributed by atoms with Gasteiger partial charge in [0.1, 0.15) is 6.79 Å². The van der Waals surface area contributed by atoms with E-state index in [0.717, 1.165) is 37.7 Å². The van der Waals surface area contributed by atoms with E-state index in [9.17, 15) is 4.79 Å². The molecule has 43 heavy (non-hydrogen) atoms. The SMILES string of the molecule is COC(=O)CCCC[C@@H](OCOCc1ccccc1)[C@@H]1CC[C@@H](CO[Si](c2ccccc2)(c2ccccc2)C(C)(C)C)O1. The van der Waals surface area contributed by atoms with Gasteiger partial charge in [-0.1, -0.05) is 118 Å². The van der Waals surface area contributed by atoms with E-state index in [1.807, 2.05) is 30.3 Å². The fraction of sp³-hybridized carbons (Fsp3) is 0.472. The molecule has 0 saturated carbocycles. The summed E-state index contributed by atoms with van der Waals surface area (Å²) in [6.07, 6.45) is 4.43. The van der Waals surface area contributed by atoms with E-state index >= 15 is 0 Å². The molecule has 0 amide bonds.